The molecule has 0 fully saturated rings. The molecule has 6 aromatic carbocycles. The zero-order chi connectivity index (χ0) is 24.9. The summed E-state index contributed by atoms with van der Waals surface area (Å²) in [5, 5.41) is 17.2. The number of aromatic hydroxyl groups is 1. The minimum atomic E-state index is -0.115. The van der Waals surface area contributed by atoms with Crippen LogP contribution in [0.2, 0.25) is 0 Å². The van der Waals surface area contributed by atoms with Crippen molar-refractivity contribution in [2.24, 2.45) is 5.18 Å². The van der Waals surface area contributed by atoms with E-state index in [-0.39, 0.29) is 11.7 Å². The fourth-order valence-corrected chi connectivity index (χ4v) is 5.57. The third kappa shape index (κ3) is 3.46. The van der Waals surface area contributed by atoms with Gasteiger partial charge in [-0.3, -0.25) is 0 Å². The number of benzene rings is 6. The molecule has 0 aromatic heterocycles. The summed E-state index contributed by atoms with van der Waals surface area (Å²) >= 11 is 0. The van der Waals surface area contributed by atoms with Crippen LogP contribution in [-0.4, -0.2) is 5.11 Å². The molecule has 1 N–H and O–H groups in total. The average molecular weight is 480 g/mol. The van der Waals surface area contributed by atoms with Crippen LogP contribution in [0.25, 0.3) is 32.7 Å². The first-order valence-corrected chi connectivity index (χ1v) is 12.2. The topological polar surface area (TPSA) is 58.9 Å². The summed E-state index contributed by atoms with van der Waals surface area (Å²) in [5.74, 6) is 1.71. The van der Waals surface area contributed by atoms with Crippen molar-refractivity contribution in [3.63, 3.8) is 0 Å². The number of nitroso groups, excluding NO2 is 1. The van der Waals surface area contributed by atoms with Crippen LogP contribution in [0.1, 0.15) is 22.6 Å². The van der Waals surface area contributed by atoms with E-state index in [9.17, 15) is 10.0 Å². The first-order chi connectivity index (χ1) is 18.2. The van der Waals surface area contributed by atoms with Gasteiger partial charge in [0.15, 0.2) is 0 Å². The van der Waals surface area contributed by atoms with Crippen molar-refractivity contribution < 1.29 is 9.84 Å². The molecule has 6 aromatic rings. The maximum absolute atomic E-state index is 11.2. The Balaban J connectivity index is 1.51. The molecule has 1 heterocycles. The molecule has 1 aliphatic heterocycles. The summed E-state index contributed by atoms with van der Waals surface area (Å²) in [4.78, 5) is 11.2. The normalized spacial score (nSPS) is 14.1. The molecule has 0 amide bonds. The van der Waals surface area contributed by atoms with Gasteiger partial charge in [0.05, 0.1) is 0 Å². The number of fused-ring (bicyclic) bond motifs is 6. The maximum Gasteiger partial charge on any atom is 0.132 e. The van der Waals surface area contributed by atoms with Crippen LogP contribution < -0.4 is 4.74 Å². The zero-order valence-corrected chi connectivity index (χ0v) is 19.8. The Morgan fingerprint density at radius 2 is 1.24 bits per heavy atom. The van der Waals surface area contributed by atoms with E-state index in [2.05, 4.69) is 41.6 Å². The maximum atomic E-state index is 11.2. The van der Waals surface area contributed by atoms with Crippen molar-refractivity contribution in [3.8, 4) is 28.4 Å². The lowest BCUT2D eigenvalue weighted by Crippen LogP contribution is -2.13. The van der Waals surface area contributed by atoms with Gasteiger partial charge < -0.3 is 9.84 Å². The Labute approximate surface area is 213 Å². The van der Waals surface area contributed by atoms with E-state index in [4.69, 9.17) is 4.74 Å². The highest BCUT2D eigenvalue weighted by Gasteiger charge is 2.32. The van der Waals surface area contributed by atoms with Crippen molar-refractivity contribution in [2.45, 2.75) is 5.92 Å². The van der Waals surface area contributed by atoms with Gasteiger partial charge in [0.25, 0.3) is 0 Å². The van der Waals surface area contributed by atoms with Crippen LogP contribution in [0, 0.1) is 4.91 Å². The molecule has 1 unspecified atom stereocenters. The van der Waals surface area contributed by atoms with Crippen LogP contribution >= 0.6 is 0 Å². The van der Waals surface area contributed by atoms with Gasteiger partial charge in [-0.15, -0.1) is 4.91 Å². The number of hydrogen-bond donors (Lipinski definition) is 1. The minimum Gasteiger partial charge on any atom is -0.508 e. The Hall–Kier alpha value is -4.96. The predicted octanol–water partition coefficient (Wildman–Crippen LogP) is 9.05. The van der Waals surface area contributed by atoms with Crippen molar-refractivity contribution in [1.82, 2.24) is 0 Å². The number of hydrogen-bond acceptors (Lipinski definition) is 4. The van der Waals surface area contributed by atoms with E-state index >= 15 is 0 Å². The number of phenols is 1. The van der Waals surface area contributed by atoms with Crippen LogP contribution in [0.4, 0.5) is 5.69 Å². The van der Waals surface area contributed by atoms with Crippen molar-refractivity contribution >= 4 is 27.2 Å². The van der Waals surface area contributed by atoms with Crippen LogP contribution in [0.5, 0.6) is 17.2 Å². The van der Waals surface area contributed by atoms with Gasteiger partial charge >= 0.3 is 0 Å². The molecule has 1 atom stereocenters. The van der Waals surface area contributed by atoms with Gasteiger partial charge in [-0.05, 0) is 79.8 Å². The second-order valence-electron chi connectivity index (χ2n) is 9.38. The number of phenolic OH excluding ortho intramolecular Hbond substituents is 1. The lowest BCUT2D eigenvalue weighted by Gasteiger charge is -2.31. The van der Waals surface area contributed by atoms with E-state index in [0.29, 0.717) is 5.69 Å². The first-order valence-electron chi connectivity index (χ1n) is 12.2. The summed E-state index contributed by atoms with van der Waals surface area (Å²) in [6.45, 7) is 0. The quantitative estimate of drug-likeness (QED) is 0.257. The van der Waals surface area contributed by atoms with Crippen LogP contribution in [0.15, 0.2) is 120 Å². The second-order valence-corrected chi connectivity index (χ2v) is 9.38. The minimum absolute atomic E-state index is 0.115. The van der Waals surface area contributed by atoms with E-state index in [1.54, 1.807) is 18.2 Å². The monoisotopic (exact) mass is 479 g/mol. The lowest BCUT2D eigenvalue weighted by molar-refractivity contribution is 0.456. The largest absolute Gasteiger partial charge is 0.508 e. The summed E-state index contributed by atoms with van der Waals surface area (Å²) in [6.07, 6.45) is 0. The third-order valence-corrected chi connectivity index (χ3v) is 7.26. The molecular weight excluding hydrogens is 458 g/mol. The SMILES string of the molecule is O=Nc1ccc2c3c(ccc2c1)Oc1ccc2cc(O)ccc2c1C3c1ccc(-c2ccccc2)cc1. The van der Waals surface area contributed by atoms with Gasteiger partial charge in [0, 0.05) is 17.0 Å². The van der Waals surface area contributed by atoms with E-state index < -0.39 is 0 Å². The molecule has 0 radical (unpaired) electrons. The van der Waals surface area contributed by atoms with Crippen molar-refractivity contribution in [2.75, 3.05) is 0 Å². The third-order valence-electron chi connectivity index (χ3n) is 7.26. The fraction of sp³-hybridized carbons (Fsp3) is 0.0303. The summed E-state index contributed by atoms with van der Waals surface area (Å²) < 4.78 is 6.48. The number of nitrogens with zero attached hydrogens (tertiary/aromatic N) is 1. The molecule has 4 heteroatoms. The molecule has 0 aliphatic carbocycles. The summed E-state index contributed by atoms with van der Waals surface area (Å²) in [6, 6.07) is 37.9. The van der Waals surface area contributed by atoms with Crippen molar-refractivity contribution in [1.29, 1.82) is 0 Å². The standard InChI is InChI=1S/C33H21NO3/c35-26-13-15-28-24(19-26)11-17-30-33(28)31(22-8-6-21(7-9-22)20-4-2-1-3-5-20)32-27-14-12-25(34-36)18-23(27)10-16-29(32)37-30/h1-19,31,35H. The molecule has 4 nitrogen and oxygen atoms in total. The average Bonchev–Trinajstić information content (AvgIpc) is 2.96. The molecule has 1 aliphatic rings. The molecule has 7 rings (SSSR count). The second kappa shape index (κ2) is 8.32. The van der Waals surface area contributed by atoms with Gasteiger partial charge in [0.2, 0.25) is 0 Å². The number of ether oxygens (including phenoxy) is 1. The van der Waals surface area contributed by atoms with E-state index in [0.717, 1.165) is 55.3 Å². The predicted molar refractivity (Wildman–Crippen MR) is 148 cm³/mol. The Kier molecular flexibility index (Phi) is 4.79. The van der Waals surface area contributed by atoms with E-state index in [1.165, 1.54) is 5.56 Å². The smallest absolute Gasteiger partial charge is 0.132 e. The van der Waals surface area contributed by atoms with Gasteiger partial charge in [0.1, 0.15) is 22.9 Å². The molecule has 37 heavy (non-hydrogen) atoms. The summed E-state index contributed by atoms with van der Waals surface area (Å²) in [7, 11) is 0. The Bertz CT molecular complexity index is 1830. The van der Waals surface area contributed by atoms with Crippen LogP contribution in [0.3, 0.4) is 0 Å². The lowest BCUT2D eigenvalue weighted by atomic mass is 9.78. The van der Waals surface area contributed by atoms with Crippen LogP contribution in [-0.2, 0) is 0 Å². The number of rotatable bonds is 3. The van der Waals surface area contributed by atoms with Gasteiger partial charge in [-0.1, -0.05) is 78.9 Å². The molecule has 0 bridgehead atoms. The fourth-order valence-electron chi connectivity index (χ4n) is 5.57. The van der Waals surface area contributed by atoms with Gasteiger partial charge in [-0.25, -0.2) is 0 Å². The Morgan fingerprint density at radius 1 is 0.622 bits per heavy atom. The first kappa shape index (κ1) is 21.3. The highest BCUT2D eigenvalue weighted by molar-refractivity contribution is 5.96. The van der Waals surface area contributed by atoms with Gasteiger partial charge in [-0.2, -0.15) is 0 Å². The zero-order valence-electron chi connectivity index (χ0n) is 19.8. The molecule has 176 valence electrons. The summed E-state index contributed by atoms with van der Waals surface area (Å²) in [5.41, 5.74) is 5.96. The molecule has 0 saturated heterocycles. The van der Waals surface area contributed by atoms with E-state index in [1.807, 2.05) is 60.7 Å². The molecule has 0 saturated carbocycles. The highest BCUT2D eigenvalue weighted by Crippen LogP contribution is 2.52. The highest BCUT2D eigenvalue weighted by atomic mass is 16.5. The Morgan fingerprint density at radius 3 is 1.92 bits per heavy atom. The molecular formula is C33H21NO3. The molecule has 0 spiro atoms. The van der Waals surface area contributed by atoms with Crippen molar-refractivity contribution in [3.05, 3.63) is 137 Å².